The topological polar surface area (TPSA) is 108 Å². The van der Waals surface area contributed by atoms with Crippen molar-refractivity contribution >= 4 is 13.7 Å². The maximum absolute atomic E-state index is 12.9. The third-order valence-corrected chi connectivity index (χ3v) is 10.9. The number of allylic oxidation sites excluding steroid dienone is 9. The van der Waals surface area contributed by atoms with Gasteiger partial charge in [0.05, 0.1) is 39.9 Å². The summed E-state index contributed by atoms with van der Waals surface area (Å²) in [4.78, 5) is 25.3. The molecule has 0 aromatic rings. The number of phosphoric acid groups is 1. The van der Waals surface area contributed by atoms with E-state index >= 15 is 0 Å². The molecule has 57 heavy (non-hydrogen) atoms. The lowest BCUT2D eigenvalue weighted by Crippen LogP contribution is -2.45. The summed E-state index contributed by atoms with van der Waals surface area (Å²) in [6.45, 7) is 4.57. The number of nitrogens with one attached hydrogen (secondary N) is 1. The van der Waals surface area contributed by atoms with Gasteiger partial charge in [0.25, 0.3) is 7.82 Å². The summed E-state index contributed by atoms with van der Waals surface area (Å²) in [5.74, 6) is -0.219. The largest absolute Gasteiger partial charge is 0.756 e. The summed E-state index contributed by atoms with van der Waals surface area (Å²) in [6.07, 6.45) is 51.2. The fourth-order valence-corrected chi connectivity index (χ4v) is 6.94. The van der Waals surface area contributed by atoms with Crippen molar-refractivity contribution < 1.29 is 32.9 Å². The fraction of sp³-hybridized carbons (Fsp3) is 0.771. The Morgan fingerprint density at radius 3 is 1.56 bits per heavy atom. The highest BCUT2D eigenvalue weighted by atomic mass is 31.2. The molecule has 0 aliphatic heterocycles. The minimum Gasteiger partial charge on any atom is -0.756 e. The number of hydrogen-bond donors (Lipinski definition) is 2. The van der Waals surface area contributed by atoms with E-state index in [9.17, 15) is 19.4 Å². The second-order valence-electron chi connectivity index (χ2n) is 16.7. The molecule has 0 aromatic heterocycles. The molecule has 1 amide bonds. The van der Waals surface area contributed by atoms with Crippen molar-refractivity contribution in [2.75, 3.05) is 40.9 Å². The van der Waals surface area contributed by atoms with Gasteiger partial charge in [-0.1, -0.05) is 164 Å². The molecule has 0 rings (SSSR count). The lowest BCUT2D eigenvalue weighted by atomic mass is 10.1. The Hall–Kier alpha value is -1.80. The van der Waals surface area contributed by atoms with Crippen LogP contribution in [-0.2, 0) is 18.4 Å². The first kappa shape index (κ1) is 55.2. The van der Waals surface area contributed by atoms with E-state index in [0.29, 0.717) is 17.4 Å². The minimum absolute atomic E-state index is 0.0120. The molecule has 0 spiro atoms. The van der Waals surface area contributed by atoms with E-state index in [2.05, 4.69) is 67.8 Å². The van der Waals surface area contributed by atoms with Gasteiger partial charge in [0.2, 0.25) is 5.91 Å². The van der Waals surface area contributed by atoms with Gasteiger partial charge < -0.3 is 28.8 Å². The summed E-state index contributed by atoms with van der Waals surface area (Å²) in [5.41, 5.74) is 0. The van der Waals surface area contributed by atoms with Gasteiger partial charge in [-0.15, -0.1) is 0 Å². The second kappa shape index (κ2) is 39.6. The lowest BCUT2D eigenvalue weighted by Gasteiger charge is -2.29. The number of amides is 1. The van der Waals surface area contributed by atoms with Crippen molar-refractivity contribution in [3.05, 3.63) is 60.8 Å². The minimum atomic E-state index is -4.60. The molecule has 0 radical (unpaired) electrons. The molecule has 9 heteroatoms. The summed E-state index contributed by atoms with van der Waals surface area (Å²) >= 11 is 0. The molecule has 0 heterocycles. The molecule has 0 fully saturated rings. The van der Waals surface area contributed by atoms with Gasteiger partial charge >= 0.3 is 0 Å². The lowest BCUT2D eigenvalue weighted by molar-refractivity contribution is -0.870. The Labute approximate surface area is 351 Å². The van der Waals surface area contributed by atoms with Crippen LogP contribution in [0.1, 0.15) is 187 Å². The SMILES string of the molecule is CCCCC/C=C\C/C=C\CCCCCCCCCCCC(=O)NC(COP(=O)([O-])OCC[N+](C)(C)C)C(O)/C=C/CC/C=C/CC/C=C/CCCCCCCC. The van der Waals surface area contributed by atoms with E-state index in [1.54, 1.807) is 6.08 Å². The van der Waals surface area contributed by atoms with Gasteiger partial charge in [-0.05, 0) is 77.0 Å². The first-order valence-electron chi connectivity index (χ1n) is 23.2. The zero-order valence-corrected chi connectivity index (χ0v) is 38.4. The van der Waals surface area contributed by atoms with Crippen molar-refractivity contribution in [3.63, 3.8) is 0 Å². The molecule has 0 saturated heterocycles. The van der Waals surface area contributed by atoms with Crippen LogP contribution >= 0.6 is 7.82 Å². The van der Waals surface area contributed by atoms with Gasteiger partial charge in [-0.25, -0.2) is 0 Å². The Morgan fingerprint density at radius 2 is 1.04 bits per heavy atom. The number of aliphatic hydroxyl groups excluding tert-OH is 1. The van der Waals surface area contributed by atoms with E-state index in [-0.39, 0.29) is 12.5 Å². The average Bonchev–Trinajstić information content (AvgIpc) is 3.16. The van der Waals surface area contributed by atoms with E-state index in [1.807, 2.05) is 27.2 Å². The van der Waals surface area contributed by atoms with E-state index < -0.39 is 26.6 Å². The van der Waals surface area contributed by atoms with Crippen molar-refractivity contribution in [1.82, 2.24) is 5.32 Å². The van der Waals surface area contributed by atoms with Crippen LogP contribution < -0.4 is 10.2 Å². The maximum Gasteiger partial charge on any atom is 0.268 e. The molecule has 0 aliphatic rings. The fourth-order valence-electron chi connectivity index (χ4n) is 6.21. The number of nitrogens with zero attached hydrogens (tertiary/aromatic N) is 1. The van der Waals surface area contributed by atoms with Crippen molar-refractivity contribution in [2.24, 2.45) is 0 Å². The molecule has 2 N–H and O–H groups in total. The average molecular weight is 821 g/mol. The van der Waals surface area contributed by atoms with Gasteiger partial charge in [0.1, 0.15) is 13.2 Å². The zero-order chi connectivity index (χ0) is 42.1. The molecular formula is C48H89N2O6P. The number of likely N-dealkylation sites (N-methyl/N-ethyl adjacent to an activating group) is 1. The maximum atomic E-state index is 12.9. The van der Waals surface area contributed by atoms with Crippen LogP contribution in [0.15, 0.2) is 60.8 Å². The zero-order valence-electron chi connectivity index (χ0n) is 37.5. The number of unbranched alkanes of at least 4 members (excludes halogenated alkanes) is 20. The molecule has 0 aromatic carbocycles. The van der Waals surface area contributed by atoms with Crippen LogP contribution in [-0.4, -0.2) is 68.5 Å². The van der Waals surface area contributed by atoms with E-state index in [4.69, 9.17) is 9.05 Å². The normalized spacial score (nSPS) is 14.9. The summed E-state index contributed by atoms with van der Waals surface area (Å²) in [5, 5.41) is 13.8. The molecule has 3 atom stereocenters. The van der Waals surface area contributed by atoms with Crippen LogP contribution in [0.4, 0.5) is 0 Å². The van der Waals surface area contributed by atoms with Crippen LogP contribution in [0.25, 0.3) is 0 Å². The standard InChI is InChI=1S/C48H89N2O6P/c1-6-8-10-12-14-16-18-20-22-24-25-26-28-30-32-34-36-38-40-42-48(52)49-46(45-56-57(53,54)55-44-43-50(3,4)5)47(51)41-39-37-35-33-31-29-27-23-21-19-17-15-13-11-9-7-2/h14,16,20-23,31,33,39,41,46-47,51H,6-13,15,17-19,24-30,32,34-38,40,42-45H2,1-5H3,(H-,49,52,53,54)/b16-14-,22-20-,23-21+,33-31+,41-39+. The predicted octanol–water partition coefficient (Wildman–Crippen LogP) is 12.4. The number of hydrogen-bond acceptors (Lipinski definition) is 6. The van der Waals surface area contributed by atoms with Crippen LogP contribution in [0, 0.1) is 0 Å². The summed E-state index contributed by atoms with van der Waals surface area (Å²) < 4.78 is 23.2. The van der Waals surface area contributed by atoms with E-state index in [1.165, 1.54) is 116 Å². The number of rotatable bonds is 41. The number of carbonyl (C=O) groups excluding carboxylic acids is 1. The molecule has 332 valence electrons. The van der Waals surface area contributed by atoms with Gasteiger partial charge in [0, 0.05) is 6.42 Å². The highest BCUT2D eigenvalue weighted by Gasteiger charge is 2.23. The number of aliphatic hydroxyl groups is 1. The number of phosphoric ester groups is 1. The first-order valence-corrected chi connectivity index (χ1v) is 24.6. The van der Waals surface area contributed by atoms with Crippen LogP contribution in [0.3, 0.4) is 0 Å². The van der Waals surface area contributed by atoms with Gasteiger partial charge in [-0.2, -0.15) is 0 Å². The quantitative estimate of drug-likeness (QED) is 0.0275. The molecular weight excluding hydrogens is 732 g/mol. The number of carbonyl (C=O) groups is 1. The third-order valence-electron chi connectivity index (χ3n) is 9.93. The third kappa shape index (κ3) is 42.1. The number of quaternary nitrogens is 1. The van der Waals surface area contributed by atoms with Gasteiger partial charge in [0.15, 0.2) is 0 Å². The van der Waals surface area contributed by atoms with Crippen LogP contribution in [0.2, 0.25) is 0 Å². The Kier molecular flexibility index (Phi) is 38.4. The highest BCUT2D eigenvalue weighted by molar-refractivity contribution is 7.45. The Balaban J connectivity index is 4.47. The van der Waals surface area contributed by atoms with Crippen LogP contribution in [0.5, 0.6) is 0 Å². The monoisotopic (exact) mass is 821 g/mol. The molecule has 0 bridgehead atoms. The smallest absolute Gasteiger partial charge is 0.268 e. The van der Waals surface area contributed by atoms with Crippen molar-refractivity contribution in [1.29, 1.82) is 0 Å². The molecule has 0 saturated carbocycles. The van der Waals surface area contributed by atoms with Crippen molar-refractivity contribution in [2.45, 2.75) is 199 Å². The predicted molar refractivity (Wildman–Crippen MR) is 242 cm³/mol. The van der Waals surface area contributed by atoms with Gasteiger partial charge in [-0.3, -0.25) is 9.36 Å². The summed E-state index contributed by atoms with van der Waals surface area (Å²) in [6, 6.07) is -0.913. The summed E-state index contributed by atoms with van der Waals surface area (Å²) in [7, 11) is 1.22. The van der Waals surface area contributed by atoms with E-state index in [0.717, 1.165) is 51.4 Å². The molecule has 3 unspecified atom stereocenters. The first-order chi connectivity index (χ1) is 27.5. The highest BCUT2D eigenvalue weighted by Crippen LogP contribution is 2.38. The Bertz CT molecular complexity index is 1110. The molecule has 0 aliphatic carbocycles. The second-order valence-corrected chi connectivity index (χ2v) is 18.1. The van der Waals surface area contributed by atoms with Crippen molar-refractivity contribution in [3.8, 4) is 0 Å². The molecule has 8 nitrogen and oxygen atoms in total. The Morgan fingerprint density at radius 1 is 0.614 bits per heavy atom.